The molecule has 0 aromatic carbocycles. The van der Waals surface area contributed by atoms with Gasteiger partial charge in [-0.05, 0) is 12.8 Å². The van der Waals surface area contributed by atoms with E-state index in [1.54, 1.807) is 0 Å². The van der Waals surface area contributed by atoms with E-state index in [-0.39, 0.29) is 0 Å². The van der Waals surface area contributed by atoms with Crippen LogP contribution in [0.1, 0.15) is 25.7 Å². The summed E-state index contributed by atoms with van der Waals surface area (Å²) in [7, 11) is -4.39. The van der Waals surface area contributed by atoms with Crippen LogP contribution in [0.15, 0.2) is 0 Å². The summed E-state index contributed by atoms with van der Waals surface area (Å²) in [6.07, 6.45) is 3.71. The largest absolute Gasteiger partial charge is 0.472 e. The first-order valence-corrected chi connectivity index (χ1v) is 6.34. The topological polar surface area (TPSA) is 90.8 Å². The molecule has 1 aliphatic heterocycles. The van der Waals surface area contributed by atoms with E-state index >= 15 is 0 Å². The molecule has 1 saturated carbocycles. The first kappa shape index (κ1) is 10.5. The van der Waals surface area contributed by atoms with Gasteiger partial charge >= 0.3 is 7.82 Å². The number of nitrogens with one attached hydrogen (secondary N) is 2. The molecule has 14 heavy (non-hydrogen) atoms. The van der Waals surface area contributed by atoms with Crippen molar-refractivity contribution in [2.24, 2.45) is 0 Å². The maximum absolute atomic E-state index is 10.6. The zero-order valence-electron chi connectivity index (χ0n) is 7.72. The van der Waals surface area contributed by atoms with Gasteiger partial charge in [0.15, 0.2) is 6.35 Å². The van der Waals surface area contributed by atoms with Gasteiger partial charge in [0.2, 0.25) is 0 Å². The van der Waals surface area contributed by atoms with Crippen molar-refractivity contribution in [2.75, 3.05) is 0 Å². The van der Waals surface area contributed by atoms with Crippen molar-refractivity contribution in [3.05, 3.63) is 0 Å². The lowest BCUT2D eigenvalue weighted by Gasteiger charge is -2.23. The fourth-order valence-corrected chi connectivity index (χ4v) is 2.56. The molecule has 1 heterocycles. The van der Waals surface area contributed by atoms with Gasteiger partial charge in [-0.15, -0.1) is 0 Å². The monoisotopic (exact) mass is 222 g/mol. The Labute approximate surface area is 82.3 Å². The SMILES string of the molecule is O=P(O)(O)OC1NC2CCCCC2N1. The maximum Gasteiger partial charge on any atom is 0.472 e. The van der Waals surface area contributed by atoms with Crippen molar-refractivity contribution in [1.82, 2.24) is 10.6 Å². The van der Waals surface area contributed by atoms with Crippen LogP contribution in [0.25, 0.3) is 0 Å². The molecule has 6 nitrogen and oxygen atoms in total. The molecule has 0 spiro atoms. The van der Waals surface area contributed by atoms with Crippen LogP contribution in [-0.4, -0.2) is 28.2 Å². The number of fused-ring (bicyclic) bond motifs is 1. The highest BCUT2D eigenvalue weighted by Gasteiger charge is 2.37. The predicted molar refractivity (Wildman–Crippen MR) is 49.2 cm³/mol. The molecule has 2 aliphatic rings. The van der Waals surface area contributed by atoms with Gasteiger partial charge in [0.1, 0.15) is 0 Å². The van der Waals surface area contributed by atoms with Gasteiger partial charge in [-0.2, -0.15) is 0 Å². The zero-order chi connectivity index (χ0) is 10.2. The molecule has 2 fully saturated rings. The maximum atomic E-state index is 10.6. The highest BCUT2D eigenvalue weighted by molar-refractivity contribution is 7.46. The molecule has 0 bridgehead atoms. The molecule has 0 aromatic rings. The summed E-state index contributed by atoms with van der Waals surface area (Å²) in [6.45, 7) is 0. The average molecular weight is 222 g/mol. The van der Waals surface area contributed by atoms with E-state index in [4.69, 9.17) is 9.79 Å². The van der Waals surface area contributed by atoms with Gasteiger partial charge in [-0.3, -0.25) is 15.2 Å². The van der Waals surface area contributed by atoms with E-state index in [1.165, 1.54) is 12.8 Å². The van der Waals surface area contributed by atoms with Crippen molar-refractivity contribution in [3.8, 4) is 0 Å². The normalized spacial score (nSPS) is 38.3. The minimum absolute atomic E-state index is 0.292. The predicted octanol–water partition coefficient (Wildman–Crippen LogP) is -0.117. The van der Waals surface area contributed by atoms with Gasteiger partial charge in [0, 0.05) is 12.1 Å². The number of phosphoric acid groups is 1. The van der Waals surface area contributed by atoms with Gasteiger partial charge in [-0.1, -0.05) is 12.8 Å². The number of hydrogen-bond donors (Lipinski definition) is 4. The lowest BCUT2D eigenvalue weighted by molar-refractivity contribution is 0.103. The number of phosphoric ester groups is 1. The van der Waals surface area contributed by atoms with Crippen LogP contribution in [0.4, 0.5) is 0 Å². The molecular formula is C7H15N2O4P. The number of rotatable bonds is 2. The molecule has 4 N–H and O–H groups in total. The standard InChI is InChI=1S/C7H15N2O4P/c10-14(11,12)13-7-8-5-3-1-2-4-6(5)9-7/h5-9H,1-4H2,(H2,10,11,12). The van der Waals surface area contributed by atoms with Crippen molar-refractivity contribution >= 4 is 7.82 Å². The van der Waals surface area contributed by atoms with Crippen LogP contribution in [-0.2, 0) is 9.09 Å². The Morgan fingerprint density at radius 2 is 1.64 bits per heavy atom. The van der Waals surface area contributed by atoms with E-state index in [2.05, 4.69) is 15.2 Å². The molecule has 82 valence electrons. The van der Waals surface area contributed by atoms with Crippen molar-refractivity contribution in [2.45, 2.75) is 44.1 Å². The molecule has 0 aromatic heterocycles. The Hall–Kier alpha value is 0.0300. The van der Waals surface area contributed by atoms with E-state index < -0.39 is 14.2 Å². The van der Waals surface area contributed by atoms with Crippen molar-refractivity contribution in [3.63, 3.8) is 0 Å². The second-order valence-corrected chi connectivity index (χ2v) is 5.00. The molecule has 2 atom stereocenters. The van der Waals surface area contributed by atoms with Crippen LogP contribution in [0.3, 0.4) is 0 Å². The third-order valence-electron chi connectivity index (χ3n) is 2.74. The van der Waals surface area contributed by atoms with Gasteiger partial charge in [0.05, 0.1) is 0 Å². The Kier molecular flexibility index (Phi) is 2.93. The quantitative estimate of drug-likeness (QED) is 0.487. The second-order valence-electron chi connectivity index (χ2n) is 3.81. The van der Waals surface area contributed by atoms with E-state index in [1.807, 2.05) is 0 Å². The Morgan fingerprint density at radius 1 is 1.14 bits per heavy atom. The van der Waals surface area contributed by atoms with Crippen molar-refractivity contribution < 1.29 is 18.9 Å². The summed E-state index contributed by atoms with van der Waals surface area (Å²) in [4.78, 5) is 17.2. The fourth-order valence-electron chi connectivity index (χ4n) is 2.16. The van der Waals surface area contributed by atoms with Gasteiger partial charge < -0.3 is 9.79 Å². The van der Waals surface area contributed by atoms with E-state index in [0.29, 0.717) is 12.1 Å². The van der Waals surface area contributed by atoms with E-state index in [9.17, 15) is 4.57 Å². The molecular weight excluding hydrogens is 207 g/mol. The lowest BCUT2D eigenvalue weighted by Crippen LogP contribution is -2.36. The van der Waals surface area contributed by atoms with Crippen LogP contribution in [0, 0.1) is 0 Å². The summed E-state index contributed by atoms with van der Waals surface area (Å²) in [6, 6.07) is 0.584. The minimum atomic E-state index is -4.39. The highest BCUT2D eigenvalue weighted by atomic mass is 31.2. The average Bonchev–Trinajstić information content (AvgIpc) is 2.42. The molecule has 0 radical (unpaired) electrons. The summed E-state index contributed by atoms with van der Waals surface area (Å²) in [5.41, 5.74) is 0. The summed E-state index contributed by atoms with van der Waals surface area (Å²) in [5, 5.41) is 6.05. The minimum Gasteiger partial charge on any atom is -0.303 e. The van der Waals surface area contributed by atoms with Gasteiger partial charge in [-0.25, -0.2) is 4.57 Å². The molecule has 1 saturated heterocycles. The Bertz CT molecular complexity index is 242. The van der Waals surface area contributed by atoms with Crippen LogP contribution >= 0.6 is 7.82 Å². The fraction of sp³-hybridized carbons (Fsp3) is 1.00. The molecule has 1 aliphatic carbocycles. The summed E-state index contributed by atoms with van der Waals surface area (Å²) < 4.78 is 15.1. The summed E-state index contributed by atoms with van der Waals surface area (Å²) >= 11 is 0. The van der Waals surface area contributed by atoms with E-state index in [0.717, 1.165) is 12.8 Å². The number of hydrogen-bond acceptors (Lipinski definition) is 4. The summed E-state index contributed by atoms with van der Waals surface area (Å²) in [5.74, 6) is 0. The Morgan fingerprint density at radius 3 is 2.07 bits per heavy atom. The smallest absolute Gasteiger partial charge is 0.303 e. The third kappa shape index (κ3) is 2.53. The Balaban J connectivity index is 1.90. The first-order valence-electron chi connectivity index (χ1n) is 4.81. The molecule has 7 heteroatoms. The van der Waals surface area contributed by atoms with Gasteiger partial charge in [0.25, 0.3) is 0 Å². The highest BCUT2D eigenvalue weighted by Crippen LogP contribution is 2.38. The molecule has 2 rings (SSSR count). The lowest BCUT2D eigenvalue weighted by atomic mass is 9.92. The van der Waals surface area contributed by atoms with Crippen LogP contribution in [0.5, 0.6) is 0 Å². The van der Waals surface area contributed by atoms with Crippen LogP contribution < -0.4 is 10.6 Å². The second kappa shape index (κ2) is 3.89. The molecule has 2 unspecified atom stereocenters. The first-order chi connectivity index (χ1) is 6.54. The van der Waals surface area contributed by atoms with Crippen molar-refractivity contribution in [1.29, 1.82) is 0 Å². The zero-order valence-corrected chi connectivity index (χ0v) is 8.61. The third-order valence-corrected chi connectivity index (χ3v) is 3.23. The van der Waals surface area contributed by atoms with Crippen LogP contribution in [0.2, 0.25) is 0 Å². The molecule has 0 amide bonds.